The highest BCUT2D eigenvalue weighted by atomic mass is 35.5. The molecule has 1 N–H and O–H groups in total. The zero-order valence-corrected chi connectivity index (χ0v) is 9.98. The lowest BCUT2D eigenvalue weighted by molar-refractivity contribution is 0.216. The first-order chi connectivity index (χ1) is 8.21. The normalized spacial score (nSPS) is 9.53. The van der Waals surface area contributed by atoms with Gasteiger partial charge in [0, 0.05) is 11.6 Å². The lowest BCUT2D eigenvalue weighted by atomic mass is 10.3. The molecule has 0 heterocycles. The van der Waals surface area contributed by atoms with Crippen LogP contribution in [-0.2, 0) is 0 Å². The first-order valence-corrected chi connectivity index (χ1v) is 5.36. The maximum atomic E-state index is 11.5. The Morgan fingerprint density at radius 3 is 2.59 bits per heavy atom. The Morgan fingerprint density at radius 1 is 1.47 bits per heavy atom. The molecule has 0 aromatic heterocycles. The molecule has 7 heteroatoms. The van der Waals surface area contributed by atoms with Gasteiger partial charge in [-0.15, -0.1) is 16.5 Å². The van der Waals surface area contributed by atoms with E-state index in [0.29, 0.717) is 11.4 Å². The highest BCUT2D eigenvalue weighted by Gasteiger charge is 2.13. The smallest absolute Gasteiger partial charge is 0.344 e. The summed E-state index contributed by atoms with van der Waals surface area (Å²) in [5.74, 6) is 0.816. The minimum Gasteiger partial charge on any atom is -0.497 e. The van der Waals surface area contributed by atoms with Gasteiger partial charge in [-0.05, 0) is 24.3 Å². The van der Waals surface area contributed by atoms with Crippen molar-refractivity contribution in [2.45, 2.75) is 0 Å². The molecule has 1 aromatic rings. The number of methoxy groups -OCH3 is 1. The van der Waals surface area contributed by atoms with E-state index in [4.69, 9.17) is 16.3 Å². The lowest BCUT2D eigenvalue weighted by Crippen LogP contribution is -2.31. The van der Waals surface area contributed by atoms with Crippen molar-refractivity contribution in [3.8, 4) is 5.75 Å². The van der Waals surface area contributed by atoms with Crippen molar-refractivity contribution in [3.63, 3.8) is 0 Å². The Hall–Kier alpha value is -1.82. The molecular weight excluding hydrogens is 246 g/mol. The summed E-state index contributed by atoms with van der Waals surface area (Å²) in [5.41, 5.74) is 0.541. The van der Waals surface area contributed by atoms with E-state index in [-0.39, 0.29) is 12.4 Å². The van der Waals surface area contributed by atoms with Crippen molar-refractivity contribution in [2.75, 3.05) is 24.9 Å². The van der Waals surface area contributed by atoms with Gasteiger partial charge in [-0.2, -0.15) is 5.01 Å². The quantitative estimate of drug-likeness (QED) is 0.500. The van der Waals surface area contributed by atoms with Gasteiger partial charge in [0.2, 0.25) is 0 Å². The van der Waals surface area contributed by atoms with Gasteiger partial charge in [-0.1, -0.05) is 0 Å². The van der Waals surface area contributed by atoms with Crippen LogP contribution in [0.15, 0.2) is 29.6 Å². The maximum absolute atomic E-state index is 11.5. The van der Waals surface area contributed by atoms with E-state index in [1.165, 1.54) is 0 Å². The van der Waals surface area contributed by atoms with E-state index in [0.717, 1.165) is 5.01 Å². The monoisotopic (exact) mass is 257 g/mol. The number of carbonyl (C=O) groups excluding carboxylic acids is 1. The van der Waals surface area contributed by atoms with Crippen molar-refractivity contribution in [2.24, 2.45) is 5.29 Å². The minimum absolute atomic E-state index is 0.0625. The Balaban J connectivity index is 2.63. The number of anilines is 1. The fraction of sp³-hybridized carbons (Fsp3) is 0.300. The molecule has 0 saturated carbocycles. The van der Waals surface area contributed by atoms with E-state index in [9.17, 15) is 9.70 Å². The van der Waals surface area contributed by atoms with Crippen molar-refractivity contribution in [3.05, 3.63) is 29.2 Å². The summed E-state index contributed by atoms with van der Waals surface area (Å²) in [5, 5.41) is 5.80. The average Bonchev–Trinajstić information content (AvgIpc) is 2.36. The molecule has 0 fully saturated rings. The number of carbonyl (C=O) groups is 1. The molecule has 1 aromatic carbocycles. The van der Waals surface area contributed by atoms with E-state index in [2.05, 4.69) is 10.6 Å². The third-order valence-corrected chi connectivity index (χ3v) is 2.14. The van der Waals surface area contributed by atoms with Crippen molar-refractivity contribution in [1.29, 1.82) is 0 Å². The van der Waals surface area contributed by atoms with Gasteiger partial charge in [-0.3, -0.25) is 0 Å². The summed E-state index contributed by atoms with van der Waals surface area (Å²) in [6.07, 6.45) is 0. The fourth-order valence-corrected chi connectivity index (χ4v) is 1.28. The largest absolute Gasteiger partial charge is 0.497 e. The summed E-state index contributed by atoms with van der Waals surface area (Å²) >= 11 is 5.42. The lowest BCUT2D eigenvalue weighted by Gasteiger charge is -2.12. The maximum Gasteiger partial charge on any atom is 0.344 e. The SMILES string of the molecule is COc1ccc(NC(=O)N(CCCl)N=O)cc1. The Morgan fingerprint density at radius 2 is 2.12 bits per heavy atom. The van der Waals surface area contributed by atoms with Gasteiger partial charge in [0.25, 0.3) is 0 Å². The molecule has 2 amide bonds. The molecular formula is C10H12ClN3O3. The minimum atomic E-state index is -0.620. The van der Waals surface area contributed by atoms with E-state index in [1.54, 1.807) is 31.4 Å². The number of hydrogen-bond acceptors (Lipinski definition) is 4. The number of halogens is 1. The highest BCUT2D eigenvalue weighted by molar-refractivity contribution is 6.18. The standard InChI is InChI=1S/C10H12ClN3O3/c1-17-9-4-2-8(3-5-9)12-10(15)14(13-16)7-6-11/h2-5H,6-7H2,1H3,(H,12,15). The molecule has 0 atom stereocenters. The van der Waals surface area contributed by atoms with Crippen LogP contribution in [0.25, 0.3) is 0 Å². The summed E-state index contributed by atoms with van der Waals surface area (Å²) in [4.78, 5) is 21.9. The van der Waals surface area contributed by atoms with Crippen LogP contribution in [0.1, 0.15) is 0 Å². The Kier molecular flexibility index (Phi) is 5.22. The molecule has 17 heavy (non-hydrogen) atoms. The number of ether oxygens (including phenoxy) is 1. The molecule has 0 saturated heterocycles. The number of urea groups is 1. The van der Waals surface area contributed by atoms with Crippen LogP contribution in [0.3, 0.4) is 0 Å². The first-order valence-electron chi connectivity index (χ1n) is 4.83. The van der Waals surface area contributed by atoms with Crippen LogP contribution in [0, 0.1) is 4.91 Å². The van der Waals surface area contributed by atoms with E-state index in [1.807, 2.05) is 0 Å². The van der Waals surface area contributed by atoms with Crippen molar-refractivity contribution >= 4 is 23.3 Å². The number of nitrogens with zero attached hydrogens (tertiary/aromatic N) is 2. The first kappa shape index (κ1) is 13.2. The van der Waals surface area contributed by atoms with Gasteiger partial charge < -0.3 is 10.1 Å². The number of rotatable bonds is 5. The highest BCUT2D eigenvalue weighted by Crippen LogP contribution is 2.15. The molecule has 0 aliphatic carbocycles. The summed E-state index contributed by atoms with van der Waals surface area (Å²) in [6.45, 7) is 0.0625. The fourth-order valence-electron chi connectivity index (χ4n) is 1.12. The molecule has 0 unspecified atom stereocenters. The van der Waals surface area contributed by atoms with Gasteiger partial charge >= 0.3 is 6.03 Å². The van der Waals surface area contributed by atoms with Gasteiger partial charge in [-0.25, -0.2) is 4.79 Å². The molecule has 0 aliphatic rings. The number of hydrogen-bond donors (Lipinski definition) is 1. The Bertz CT molecular complexity index is 383. The summed E-state index contributed by atoms with van der Waals surface area (Å²) < 4.78 is 4.97. The van der Waals surface area contributed by atoms with E-state index < -0.39 is 6.03 Å². The second-order valence-corrected chi connectivity index (χ2v) is 3.43. The molecule has 92 valence electrons. The summed E-state index contributed by atoms with van der Waals surface area (Å²) in [6, 6.07) is 6.07. The van der Waals surface area contributed by atoms with Crippen LogP contribution in [0.5, 0.6) is 5.75 Å². The second-order valence-electron chi connectivity index (χ2n) is 3.05. The van der Waals surface area contributed by atoms with Gasteiger partial charge in [0.15, 0.2) is 0 Å². The predicted molar refractivity (Wildman–Crippen MR) is 65.2 cm³/mol. The van der Waals surface area contributed by atoms with Crippen LogP contribution in [-0.4, -0.2) is 30.6 Å². The third kappa shape index (κ3) is 3.92. The van der Waals surface area contributed by atoms with Crippen molar-refractivity contribution in [1.82, 2.24) is 5.01 Å². The molecule has 0 aliphatic heterocycles. The Labute approximate surface area is 103 Å². The number of alkyl halides is 1. The van der Waals surface area contributed by atoms with Crippen LogP contribution < -0.4 is 10.1 Å². The molecule has 1 rings (SSSR count). The average molecular weight is 258 g/mol. The van der Waals surface area contributed by atoms with Crippen molar-refractivity contribution < 1.29 is 9.53 Å². The second kappa shape index (κ2) is 6.70. The summed E-state index contributed by atoms with van der Waals surface area (Å²) in [7, 11) is 1.55. The van der Waals surface area contributed by atoms with Gasteiger partial charge in [0.05, 0.1) is 18.9 Å². The molecule has 6 nitrogen and oxygen atoms in total. The number of nitrogens with one attached hydrogen (secondary N) is 1. The van der Waals surface area contributed by atoms with Crippen LogP contribution >= 0.6 is 11.6 Å². The molecule has 0 bridgehead atoms. The molecule has 0 spiro atoms. The van der Waals surface area contributed by atoms with E-state index >= 15 is 0 Å². The zero-order chi connectivity index (χ0) is 12.7. The number of amides is 2. The third-order valence-electron chi connectivity index (χ3n) is 1.97. The molecule has 0 radical (unpaired) electrons. The topological polar surface area (TPSA) is 71.0 Å². The van der Waals surface area contributed by atoms with Crippen LogP contribution in [0.2, 0.25) is 0 Å². The zero-order valence-electron chi connectivity index (χ0n) is 9.22. The number of nitroso groups, excluding NO2 is 1. The van der Waals surface area contributed by atoms with Crippen LogP contribution in [0.4, 0.5) is 10.5 Å². The predicted octanol–water partition coefficient (Wildman–Crippen LogP) is 2.45. The van der Waals surface area contributed by atoms with Gasteiger partial charge in [0.1, 0.15) is 5.75 Å². The number of benzene rings is 1.